The lowest BCUT2D eigenvalue weighted by Crippen LogP contribution is -1.99. The van der Waals surface area contributed by atoms with Gasteiger partial charge < -0.3 is 0 Å². The molecule has 4 rings (SSSR count). The van der Waals surface area contributed by atoms with Crippen LogP contribution in [0.3, 0.4) is 0 Å². The molecule has 0 bridgehead atoms. The second-order valence-corrected chi connectivity index (χ2v) is 7.68. The Labute approximate surface area is 173 Å². The fourth-order valence-corrected chi connectivity index (χ4v) is 3.31. The third kappa shape index (κ3) is 4.23. The van der Waals surface area contributed by atoms with E-state index in [9.17, 15) is 0 Å². The second kappa shape index (κ2) is 7.98. The van der Waals surface area contributed by atoms with Crippen LogP contribution in [0.15, 0.2) is 86.8 Å². The topological polar surface area (TPSA) is 50.2 Å². The minimum Gasteiger partial charge on any atom is -0.245 e. The molecule has 0 fully saturated rings. The smallest absolute Gasteiger partial charge is 0.244 e. The zero-order valence-corrected chi connectivity index (χ0v) is 17.3. The van der Waals surface area contributed by atoms with Gasteiger partial charge in [0.15, 0.2) is 0 Å². The summed E-state index contributed by atoms with van der Waals surface area (Å²) in [6, 6.07) is 23.9. The summed E-state index contributed by atoms with van der Waals surface area (Å²) < 4.78 is 2.02. The number of halogens is 2. The van der Waals surface area contributed by atoms with Gasteiger partial charge in [-0.05, 0) is 35.9 Å². The molecule has 0 aliphatic heterocycles. The van der Waals surface area contributed by atoms with E-state index < -0.39 is 0 Å². The number of hydrogen-bond acceptors (Lipinski definition) is 4. The Bertz CT molecular complexity index is 1110. The van der Waals surface area contributed by atoms with Crippen molar-refractivity contribution in [3.63, 3.8) is 0 Å². The van der Waals surface area contributed by atoms with Crippen LogP contribution in [0.2, 0.25) is 0 Å². The minimum atomic E-state index is 0.456. The molecular formula is C21H14Br2N4. The monoisotopic (exact) mass is 480 g/mol. The van der Waals surface area contributed by atoms with Crippen molar-refractivity contribution in [1.82, 2.24) is 9.97 Å². The first kappa shape index (κ1) is 17.8. The summed E-state index contributed by atoms with van der Waals surface area (Å²) in [5, 5.41) is 5.26. The number of hydrazone groups is 1. The molecule has 0 radical (unpaired) electrons. The quantitative estimate of drug-likeness (QED) is 0.276. The highest BCUT2D eigenvalue weighted by atomic mass is 79.9. The predicted octanol–water partition coefficient (Wildman–Crippen LogP) is 6.27. The Morgan fingerprint density at radius 1 is 0.815 bits per heavy atom. The lowest BCUT2D eigenvalue weighted by molar-refractivity contribution is 1.16. The highest BCUT2D eigenvalue weighted by Crippen LogP contribution is 2.29. The van der Waals surface area contributed by atoms with Gasteiger partial charge in [-0.1, -0.05) is 74.3 Å². The van der Waals surface area contributed by atoms with Gasteiger partial charge in [0, 0.05) is 19.9 Å². The van der Waals surface area contributed by atoms with Crippen molar-refractivity contribution in [2.24, 2.45) is 5.10 Å². The van der Waals surface area contributed by atoms with Gasteiger partial charge in [0.05, 0.1) is 17.4 Å². The molecule has 0 aliphatic rings. The summed E-state index contributed by atoms with van der Waals surface area (Å²) in [6.45, 7) is 0. The number of nitrogens with zero attached hydrogens (tertiary/aromatic N) is 3. The van der Waals surface area contributed by atoms with Crippen LogP contribution in [0, 0.1) is 0 Å². The Morgan fingerprint density at radius 3 is 2.33 bits per heavy atom. The molecule has 1 heterocycles. The summed E-state index contributed by atoms with van der Waals surface area (Å²) >= 11 is 6.96. The SMILES string of the molecule is Brc1ccc(C=NNc2nc(-c3ccccc3)c3cc(Br)ccc3n2)cc1. The summed E-state index contributed by atoms with van der Waals surface area (Å²) in [7, 11) is 0. The van der Waals surface area contributed by atoms with Crippen LogP contribution in [0.4, 0.5) is 5.95 Å². The maximum absolute atomic E-state index is 4.69. The molecule has 0 aliphatic carbocycles. The van der Waals surface area contributed by atoms with E-state index in [4.69, 9.17) is 4.98 Å². The molecular weight excluding hydrogens is 468 g/mol. The van der Waals surface area contributed by atoms with Crippen LogP contribution in [0.25, 0.3) is 22.2 Å². The fourth-order valence-electron chi connectivity index (χ4n) is 2.68. The van der Waals surface area contributed by atoms with Crippen molar-refractivity contribution >= 4 is 54.9 Å². The lowest BCUT2D eigenvalue weighted by atomic mass is 10.1. The first-order valence-corrected chi connectivity index (χ1v) is 9.85. The van der Waals surface area contributed by atoms with Crippen LogP contribution in [0.1, 0.15) is 5.56 Å². The number of rotatable bonds is 4. The van der Waals surface area contributed by atoms with E-state index in [2.05, 4.69) is 47.4 Å². The van der Waals surface area contributed by atoms with Gasteiger partial charge in [-0.15, -0.1) is 0 Å². The van der Waals surface area contributed by atoms with Gasteiger partial charge in [0.1, 0.15) is 0 Å². The van der Waals surface area contributed by atoms with Crippen molar-refractivity contribution in [3.8, 4) is 11.3 Å². The standard InChI is InChI=1S/C21H14Br2N4/c22-16-8-6-14(7-9-16)13-24-27-21-25-19-11-10-17(23)12-18(19)20(26-21)15-4-2-1-3-5-15/h1-13H,(H,25,26,27). The summed E-state index contributed by atoms with van der Waals surface area (Å²) in [6.07, 6.45) is 1.74. The van der Waals surface area contributed by atoms with E-state index in [-0.39, 0.29) is 0 Å². The number of aromatic nitrogens is 2. The summed E-state index contributed by atoms with van der Waals surface area (Å²) in [5.41, 5.74) is 6.68. The maximum Gasteiger partial charge on any atom is 0.244 e. The van der Waals surface area contributed by atoms with Crippen molar-refractivity contribution in [3.05, 3.63) is 87.3 Å². The number of fused-ring (bicyclic) bond motifs is 1. The van der Waals surface area contributed by atoms with Gasteiger partial charge in [0.25, 0.3) is 0 Å². The molecule has 0 atom stereocenters. The summed E-state index contributed by atoms with van der Waals surface area (Å²) in [4.78, 5) is 9.28. The van der Waals surface area contributed by atoms with Crippen LogP contribution in [-0.2, 0) is 0 Å². The highest BCUT2D eigenvalue weighted by molar-refractivity contribution is 9.10. The van der Waals surface area contributed by atoms with Crippen molar-refractivity contribution in [2.75, 3.05) is 5.43 Å². The number of benzene rings is 3. The van der Waals surface area contributed by atoms with Crippen LogP contribution < -0.4 is 5.43 Å². The first-order chi connectivity index (χ1) is 13.2. The van der Waals surface area contributed by atoms with Crippen molar-refractivity contribution in [2.45, 2.75) is 0 Å². The average molecular weight is 482 g/mol. The summed E-state index contributed by atoms with van der Waals surface area (Å²) in [5.74, 6) is 0.456. The molecule has 1 aromatic heterocycles. The average Bonchev–Trinajstić information content (AvgIpc) is 2.70. The van der Waals surface area contributed by atoms with Crippen LogP contribution >= 0.6 is 31.9 Å². The van der Waals surface area contributed by atoms with Gasteiger partial charge in [0.2, 0.25) is 5.95 Å². The molecule has 3 aromatic carbocycles. The third-order valence-corrected chi connectivity index (χ3v) is 4.98. The van der Waals surface area contributed by atoms with Gasteiger partial charge in [-0.3, -0.25) is 0 Å². The molecule has 0 saturated carbocycles. The van der Waals surface area contributed by atoms with E-state index in [1.165, 1.54) is 0 Å². The Kier molecular flexibility index (Phi) is 5.27. The van der Waals surface area contributed by atoms with Crippen LogP contribution in [0.5, 0.6) is 0 Å². The second-order valence-electron chi connectivity index (χ2n) is 5.84. The molecule has 0 spiro atoms. The molecule has 4 nitrogen and oxygen atoms in total. The third-order valence-electron chi connectivity index (χ3n) is 3.95. The normalized spacial score (nSPS) is 11.2. The highest BCUT2D eigenvalue weighted by Gasteiger charge is 2.10. The molecule has 4 aromatic rings. The fraction of sp³-hybridized carbons (Fsp3) is 0. The molecule has 132 valence electrons. The molecule has 0 unspecified atom stereocenters. The molecule has 0 amide bonds. The van der Waals surface area contributed by atoms with E-state index in [1.807, 2.05) is 72.8 Å². The molecule has 0 saturated heterocycles. The largest absolute Gasteiger partial charge is 0.245 e. The maximum atomic E-state index is 4.69. The van der Waals surface area contributed by atoms with Gasteiger partial charge in [-0.25, -0.2) is 15.4 Å². The predicted molar refractivity (Wildman–Crippen MR) is 118 cm³/mol. The van der Waals surface area contributed by atoms with E-state index in [0.29, 0.717) is 5.95 Å². The van der Waals surface area contributed by atoms with Crippen LogP contribution in [-0.4, -0.2) is 16.2 Å². The molecule has 27 heavy (non-hydrogen) atoms. The zero-order chi connectivity index (χ0) is 18.6. The Morgan fingerprint density at radius 2 is 1.56 bits per heavy atom. The Balaban J connectivity index is 1.71. The van der Waals surface area contributed by atoms with E-state index in [1.54, 1.807) is 6.21 Å². The van der Waals surface area contributed by atoms with Crippen molar-refractivity contribution < 1.29 is 0 Å². The van der Waals surface area contributed by atoms with E-state index >= 15 is 0 Å². The number of nitrogens with one attached hydrogen (secondary N) is 1. The van der Waals surface area contributed by atoms with Gasteiger partial charge >= 0.3 is 0 Å². The molecule has 1 N–H and O–H groups in total. The Hall–Kier alpha value is -2.57. The molecule has 6 heteroatoms. The van der Waals surface area contributed by atoms with Gasteiger partial charge in [-0.2, -0.15) is 5.10 Å². The number of anilines is 1. The van der Waals surface area contributed by atoms with Crippen molar-refractivity contribution in [1.29, 1.82) is 0 Å². The first-order valence-electron chi connectivity index (χ1n) is 8.26. The zero-order valence-electron chi connectivity index (χ0n) is 14.1. The number of hydrogen-bond donors (Lipinski definition) is 1. The lowest BCUT2D eigenvalue weighted by Gasteiger charge is -2.09. The van der Waals surface area contributed by atoms with E-state index in [0.717, 1.165) is 36.7 Å². The minimum absolute atomic E-state index is 0.456.